The number of amides is 2. The molecule has 1 fully saturated rings. The first-order valence-corrected chi connectivity index (χ1v) is 6.92. The van der Waals surface area contributed by atoms with Gasteiger partial charge in [-0.15, -0.1) is 0 Å². The van der Waals surface area contributed by atoms with Crippen molar-refractivity contribution in [3.8, 4) is 5.75 Å². The van der Waals surface area contributed by atoms with Crippen LogP contribution < -0.4 is 10.1 Å². The van der Waals surface area contributed by atoms with Gasteiger partial charge in [0.1, 0.15) is 24.2 Å². The zero-order valence-electron chi connectivity index (χ0n) is 12.1. The molecule has 114 valence electrons. The molecular formula is C15H19FN2O3. The molecule has 0 saturated carbocycles. The number of nitrogens with zero attached hydrogens (tertiary/aromatic N) is 1. The van der Waals surface area contributed by atoms with Gasteiger partial charge in [-0.3, -0.25) is 9.59 Å². The van der Waals surface area contributed by atoms with Crippen LogP contribution in [0.4, 0.5) is 4.39 Å². The molecule has 1 saturated heterocycles. The minimum absolute atomic E-state index is 0.0150. The molecule has 1 aliphatic rings. The molecule has 0 aliphatic carbocycles. The summed E-state index contributed by atoms with van der Waals surface area (Å²) in [5.41, 5.74) is 0. The number of nitrogens with one attached hydrogen (secondary N) is 1. The largest absolute Gasteiger partial charge is 0.491 e. The van der Waals surface area contributed by atoms with Gasteiger partial charge in [0.15, 0.2) is 0 Å². The standard InChI is InChI=1S/C15H19FN2O3/c1-10(9-21-12-5-3-4-11(16)8-12)17-15(20)13-6-7-14(19)18(13)2/h3-5,8,10,13H,6-7,9H2,1-2H3,(H,17,20)/t10-,13-/m0/s1. The highest BCUT2D eigenvalue weighted by molar-refractivity contribution is 5.90. The SMILES string of the molecule is C[C@@H](COc1cccc(F)c1)NC(=O)[C@@H]1CCC(=O)N1C. The van der Waals surface area contributed by atoms with Crippen LogP contribution in [0, 0.1) is 5.82 Å². The molecule has 0 aromatic heterocycles. The topological polar surface area (TPSA) is 58.6 Å². The van der Waals surface area contributed by atoms with Crippen LogP contribution in [0.5, 0.6) is 5.75 Å². The van der Waals surface area contributed by atoms with E-state index in [4.69, 9.17) is 4.74 Å². The number of rotatable bonds is 5. The molecule has 1 heterocycles. The first-order chi connectivity index (χ1) is 9.97. The smallest absolute Gasteiger partial charge is 0.243 e. The molecule has 0 radical (unpaired) electrons. The normalized spacial score (nSPS) is 19.5. The number of benzene rings is 1. The summed E-state index contributed by atoms with van der Waals surface area (Å²) in [6.07, 6.45) is 0.946. The summed E-state index contributed by atoms with van der Waals surface area (Å²) in [6, 6.07) is 5.20. The number of carbonyl (C=O) groups is 2. The highest BCUT2D eigenvalue weighted by Gasteiger charge is 2.33. The van der Waals surface area contributed by atoms with Crippen molar-refractivity contribution in [2.75, 3.05) is 13.7 Å². The van der Waals surface area contributed by atoms with Gasteiger partial charge in [-0.05, 0) is 25.5 Å². The van der Waals surface area contributed by atoms with Crippen molar-refractivity contribution in [1.29, 1.82) is 0 Å². The Bertz CT molecular complexity index is 535. The lowest BCUT2D eigenvalue weighted by Gasteiger charge is -2.22. The Morgan fingerprint density at radius 2 is 2.33 bits per heavy atom. The van der Waals surface area contributed by atoms with Crippen LogP contribution in [0.15, 0.2) is 24.3 Å². The molecule has 0 bridgehead atoms. The first kappa shape index (κ1) is 15.3. The van der Waals surface area contributed by atoms with Crippen molar-refractivity contribution in [3.63, 3.8) is 0 Å². The van der Waals surface area contributed by atoms with E-state index in [1.54, 1.807) is 26.1 Å². The number of hydrogen-bond donors (Lipinski definition) is 1. The van der Waals surface area contributed by atoms with Crippen LogP contribution in [0.3, 0.4) is 0 Å². The lowest BCUT2D eigenvalue weighted by molar-refractivity contribution is -0.134. The van der Waals surface area contributed by atoms with Crippen LogP contribution in [0.2, 0.25) is 0 Å². The van der Waals surface area contributed by atoms with Gasteiger partial charge in [-0.1, -0.05) is 6.07 Å². The summed E-state index contributed by atoms with van der Waals surface area (Å²) in [7, 11) is 1.63. The highest BCUT2D eigenvalue weighted by atomic mass is 19.1. The minimum Gasteiger partial charge on any atom is -0.491 e. The van der Waals surface area contributed by atoms with Crippen LogP contribution >= 0.6 is 0 Å². The molecule has 21 heavy (non-hydrogen) atoms. The fraction of sp³-hybridized carbons (Fsp3) is 0.467. The third-order valence-electron chi connectivity index (χ3n) is 3.48. The molecule has 6 heteroatoms. The van der Waals surface area contributed by atoms with Gasteiger partial charge >= 0.3 is 0 Å². The molecule has 1 aromatic carbocycles. The second-order valence-electron chi connectivity index (χ2n) is 5.24. The zero-order chi connectivity index (χ0) is 15.4. The Labute approximate surface area is 123 Å². The number of ether oxygens (including phenoxy) is 1. The van der Waals surface area contributed by atoms with E-state index < -0.39 is 6.04 Å². The van der Waals surface area contributed by atoms with Crippen LogP contribution in [-0.2, 0) is 9.59 Å². The summed E-state index contributed by atoms with van der Waals surface area (Å²) in [5.74, 6) is -0.142. The molecule has 1 N–H and O–H groups in total. The second-order valence-corrected chi connectivity index (χ2v) is 5.24. The Kier molecular flexibility index (Phi) is 4.77. The van der Waals surface area contributed by atoms with Crippen molar-refractivity contribution in [3.05, 3.63) is 30.1 Å². The van der Waals surface area contributed by atoms with E-state index in [9.17, 15) is 14.0 Å². The first-order valence-electron chi connectivity index (χ1n) is 6.92. The van der Waals surface area contributed by atoms with Crippen molar-refractivity contribution in [2.24, 2.45) is 0 Å². The quantitative estimate of drug-likeness (QED) is 0.891. The lowest BCUT2D eigenvalue weighted by atomic mass is 10.2. The monoisotopic (exact) mass is 294 g/mol. The Balaban J connectivity index is 1.80. The van der Waals surface area contributed by atoms with Gasteiger partial charge in [-0.2, -0.15) is 0 Å². The van der Waals surface area contributed by atoms with Crippen LogP contribution in [0.25, 0.3) is 0 Å². The van der Waals surface area contributed by atoms with Gasteiger partial charge in [0.2, 0.25) is 11.8 Å². The predicted octanol–water partition coefficient (Wildman–Crippen LogP) is 1.33. The Morgan fingerprint density at radius 1 is 1.57 bits per heavy atom. The third kappa shape index (κ3) is 3.93. The predicted molar refractivity (Wildman–Crippen MR) is 75.3 cm³/mol. The molecule has 0 unspecified atom stereocenters. The summed E-state index contributed by atoms with van der Waals surface area (Å²) < 4.78 is 18.4. The summed E-state index contributed by atoms with van der Waals surface area (Å²) >= 11 is 0. The van der Waals surface area contributed by atoms with Crippen LogP contribution in [0.1, 0.15) is 19.8 Å². The fourth-order valence-corrected chi connectivity index (χ4v) is 2.27. The molecule has 5 nitrogen and oxygen atoms in total. The third-order valence-corrected chi connectivity index (χ3v) is 3.48. The maximum Gasteiger partial charge on any atom is 0.243 e. The van der Waals surface area contributed by atoms with E-state index in [1.807, 2.05) is 0 Å². The number of halogens is 1. The van der Waals surface area contributed by atoms with Gasteiger partial charge in [0, 0.05) is 19.5 Å². The number of likely N-dealkylation sites (N-methyl/N-ethyl adjacent to an activating group) is 1. The van der Waals surface area contributed by atoms with Crippen molar-refractivity contribution < 1.29 is 18.7 Å². The maximum absolute atomic E-state index is 13.0. The summed E-state index contributed by atoms with van der Waals surface area (Å²) in [6.45, 7) is 2.04. The molecule has 0 spiro atoms. The van der Waals surface area contributed by atoms with E-state index >= 15 is 0 Å². The van der Waals surface area contributed by atoms with E-state index in [1.165, 1.54) is 17.0 Å². The molecule has 1 aliphatic heterocycles. The van der Waals surface area contributed by atoms with Crippen molar-refractivity contribution in [1.82, 2.24) is 10.2 Å². The number of likely N-dealkylation sites (tertiary alicyclic amines) is 1. The number of carbonyl (C=O) groups excluding carboxylic acids is 2. The Hall–Kier alpha value is -2.11. The Morgan fingerprint density at radius 3 is 2.95 bits per heavy atom. The van der Waals surface area contributed by atoms with Gasteiger partial charge in [0.05, 0.1) is 6.04 Å². The zero-order valence-corrected chi connectivity index (χ0v) is 12.1. The second kappa shape index (κ2) is 6.56. The molecule has 2 amide bonds. The summed E-state index contributed by atoms with van der Waals surface area (Å²) in [5, 5.41) is 2.81. The average Bonchev–Trinajstić information content (AvgIpc) is 2.77. The van der Waals surface area contributed by atoms with Crippen LogP contribution in [-0.4, -0.2) is 42.5 Å². The van der Waals surface area contributed by atoms with Gasteiger partial charge < -0.3 is 15.0 Å². The molecule has 2 atom stereocenters. The molecular weight excluding hydrogens is 275 g/mol. The highest BCUT2D eigenvalue weighted by Crippen LogP contribution is 2.16. The van der Waals surface area contributed by atoms with Crippen molar-refractivity contribution >= 4 is 11.8 Å². The lowest BCUT2D eigenvalue weighted by Crippen LogP contribution is -2.47. The molecule has 2 rings (SSSR count). The van der Waals surface area contributed by atoms with E-state index in [0.29, 0.717) is 18.6 Å². The minimum atomic E-state index is -0.408. The van der Waals surface area contributed by atoms with Crippen molar-refractivity contribution in [2.45, 2.75) is 31.8 Å². The van der Waals surface area contributed by atoms with E-state index in [0.717, 1.165) is 0 Å². The number of hydrogen-bond acceptors (Lipinski definition) is 3. The van der Waals surface area contributed by atoms with E-state index in [2.05, 4.69) is 5.32 Å². The van der Waals surface area contributed by atoms with Gasteiger partial charge in [0.25, 0.3) is 0 Å². The van der Waals surface area contributed by atoms with Gasteiger partial charge in [-0.25, -0.2) is 4.39 Å². The average molecular weight is 294 g/mol. The maximum atomic E-state index is 13.0. The molecule has 1 aromatic rings. The fourth-order valence-electron chi connectivity index (χ4n) is 2.27. The van der Waals surface area contributed by atoms with E-state index in [-0.39, 0.29) is 30.3 Å². The summed E-state index contributed by atoms with van der Waals surface area (Å²) in [4.78, 5) is 24.9.